The van der Waals surface area contributed by atoms with Gasteiger partial charge in [0.15, 0.2) is 12.4 Å². The van der Waals surface area contributed by atoms with Crippen molar-refractivity contribution in [2.45, 2.75) is 11.4 Å². The van der Waals surface area contributed by atoms with Crippen LogP contribution >= 0.6 is 11.8 Å². The van der Waals surface area contributed by atoms with Crippen molar-refractivity contribution in [2.75, 3.05) is 6.26 Å². The van der Waals surface area contributed by atoms with Crippen LogP contribution in [0.2, 0.25) is 0 Å². The van der Waals surface area contributed by atoms with E-state index in [0.717, 1.165) is 5.56 Å². The zero-order chi connectivity index (χ0) is 14.2. The van der Waals surface area contributed by atoms with Gasteiger partial charge in [-0.2, -0.15) is 9.67 Å². The molecule has 0 fully saturated rings. The van der Waals surface area contributed by atoms with E-state index >= 15 is 0 Å². The second kappa shape index (κ2) is 7.45. The van der Waals surface area contributed by atoms with Gasteiger partial charge >= 0.3 is 5.91 Å². The van der Waals surface area contributed by atoms with Crippen LogP contribution in [-0.4, -0.2) is 18.4 Å². The third kappa shape index (κ3) is 4.51. The van der Waals surface area contributed by atoms with E-state index in [1.807, 2.05) is 61.1 Å². The molecule has 0 spiro atoms. The highest BCUT2D eigenvalue weighted by Crippen LogP contribution is 2.13. The molecule has 20 heavy (non-hydrogen) atoms. The summed E-state index contributed by atoms with van der Waals surface area (Å²) in [5.74, 6) is -0.154. The van der Waals surface area contributed by atoms with Crippen LogP contribution in [0, 0.1) is 0 Å². The highest BCUT2D eigenvalue weighted by molar-refractivity contribution is 7.98. The van der Waals surface area contributed by atoms with Crippen molar-refractivity contribution in [3.63, 3.8) is 0 Å². The van der Waals surface area contributed by atoms with Crippen LogP contribution in [0.3, 0.4) is 0 Å². The molecule has 1 aromatic carbocycles. The van der Waals surface area contributed by atoms with Gasteiger partial charge in [0.25, 0.3) is 0 Å². The van der Waals surface area contributed by atoms with Gasteiger partial charge in [-0.3, -0.25) is 4.79 Å². The maximum Gasteiger partial charge on any atom is 0.305 e. The largest absolute Gasteiger partial charge is 0.305 e. The van der Waals surface area contributed by atoms with E-state index in [2.05, 4.69) is 10.5 Å². The summed E-state index contributed by atoms with van der Waals surface area (Å²) in [6.45, 7) is 0.254. The summed E-state index contributed by atoms with van der Waals surface area (Å²) in [6.07, 6.45) is 7.34. The third-order valence-electron chi connectivity index (χ3n) is 2.62. The summed E-state index contributed by atoms with van der Waals surface area (Å²) in [4.78, 5) is 12.9. The van der Waals surface area contributed by atoms with E-state index in [0.29, 0.717) is 0 Å². The minimum atomic E-state index is -0.154. The van der Waals surface area contributed by atoms with E-state index in [9.17, 15) is 4.79 Å². The molecule has 0 radical (unpaired) electrons. The van der Waals surface area contributed by atoms with Gasteiger partial charge in [-0.05, 0) is 24.0 Å². The van der Waals surface area contributed by atoms with Crippen LogP contribution in [0.5, 0.6) is 0 Å². The number of hydrogen-bond acceptors (Lipinski definition) is 3. The van der Waals surface area contributed by atoms with Crippen molar-refractivity contribution < 1.29 is 9.36 Å². The second-order valence-corrected chi connectivity index (χ2v) is 4.99. The van der Waals surface area contributed by atoms with Crippen molar-refractivity contribution in [3.8, 4) is 0 Å². The van der Waals surface area contributed by atoms with Gasteiger partial charge in [-0.25, -0.2) is 5.43 Å². The first-order valence-electron chi connectivity index (χ1n) is 6.18. The predicted molar refractivity (Wildman–Crippen MR) is 80.6 cm³/mol. The van der Waals surface area contributed by atoms with E-state index in [1.54, 1.807) is 22.5 Å². The van der Waals surface area contributed by atoms with Crippen LogP contribution < -0.4 is 9.99 Å². The number of rotatable bonds is 5. The first-order chi connectivity index (χ1) is 9.78. The van der Waals surface area contributed by atoms with Gasteiger partial charge < -0.3 is 0 Å². The fourth-order valence-electron chi connectivity index (χ4n) is 1.61. The topological polar surface area (TPSA) is 45.3 Å². The molecule has 102 valence electrons. The Balaban J connectivity index is 1.84. The van der Waals surface area contributed by atoms with Gasteiger partial charge in [-0.15, -0.1) is 11.8 Å². The summed E-state index contributed by atoms with van der Waals surface area (Å²) >= 11 is 1.69. The summed E-state index contributed by atoms with van der Waals surface area (Å²) in [7, 11) is 0. The second-order valence-electron chi connectivity index (χ2n) is 4.11. The number of amides is 1. The quantitative estimate of drug-likeness (QED) is 0.394. The molecule has 1 aromatic heterocycles. The Morgan fingerprint density at radius 2 is 1.95 bits per heavy atom. The summed E-state index contributed by atoms with van der Waals surface area (Å²) in [5.41, 5.74) is 3.47. The summed E-state index contributed by atoms with van der Waals surface area (Å²) in [6, 6.07) is 13.6. The van der Waals surface area contributed by atoms with Crippen LogP contribution in [-0.2, 0) is 11.3 Å². The molecule has 0 bridgehead atoms. The monoisotopic (exact) mass is 286 g/mol. The lowest BCUT2D eigenvalue weighted by atomic mass is 10.2. The number of hydrazone groups is 1. The molecule has 4 nitrogen and oxygen atoms in total. The van der Waals surface area contributed by atoms with E-state index in [4.69, 9.17) is 0 Å². The number of nitrogens with one attached hydrogen (secondary N) is 1. The number of carbonyl (C=O) groups is 1. The first-order valence-corrected chi connectivity index (χ1v) is 7.40. The van der Waals surface area contributed by atoms with Crippen LogP contribution in [0.25, 0.3) is 0 Å². The van der Waals surface area contributed by atoms with Crippen molar-refractivity contribution in [2.24, 2.45) is 5.10 Å². The smallest absolute Gasteiger partial charge is 0.266 e. The maximum atomic E-state index is 11.7. The Hall–Kier alpha value is -2.14. The molecule has 5 heteroatoms. The van der Waals surface area contributed by atoms with E-state index < -0.39 is 0 Å². The fourth-order valence-corrected chi connectivity index (χ4v) is 2.02. The number of aromatic nitrogens is 1. The number of nitrogens with zero attached hydrogens (tertiary/aromatic N) is 2. The Kier molecular flexibility index (Phi) is 5.32. The van der Waals surface area contributed by atoms with Gasteiger partial charge in [-0.1, -0.05) is 18.2 Å². The predicted octanol–water partition coefficient (Wildman–Crippen LogP) is 1.85. The lowest BCUT2D eigenvalue weighted by Crippen LogP contribution is -2.40. The Bertz CT molecular complexity index is 582. The van der Waals surface area contributed by atoms with E-state index in [1.165, 1.54) is 4.90 Å². The SMILES string of the molecule is CSc1ccc(/C=N/NC(=O)C[n+]2ccccc2)cc1. The molecule has 2 aromatic rings. The van der Waals surface area contributed by atoms with E-state index in [-0.39, 0.29) is 12.5 Å². The molecule has 0 atom stereocenters. The maximum absolute atomic E-state index is 11.7. The van der Waals surface area contributed by atoms with Crippen molar-refractivity contribution in [1.82, 2.24) is 5.43 Å². The number of hydrogen-bond donors (Lipinski definition) is 1. The summed E-state index contributed by atoms with van der Waals surface area (Å²) in [5, 5.41) is 3.95. The first kappa shape index (κ1) is 14.3. The normalized spacial score (nSPS) is 10.7. The molecule has 1 amide bonds. The number of pyridine rings is 1. The molecule has 1 N–H and O–H groups in total. The molecular weight excluding hydrogens is 270 g/mol. The summed E-state index contributed by atoms with van der Waals surface area (Å²) < 4.78 is 1.79. The molecular formula is C15H16N3OS+. The number of benzene rings is 1. The van der Waals surface area contributed by atoms with Crippen molar-refractivity contribution in [1.29, 1.82) is 0 Å². The standard InChI is InChI=1S/C15H15N3OS/c1-20-14-7-5-13(6-8-14)11-16-17-15(19)12-18-9-3-2-4-10-18/h2-11H,12H2,1H3/p+1/b16-11+. The van der Waals surface area contributed by atoms with Gasteiger partial charge in [0.2, 0.25) is 6.54 Å². The average Bonchev–Trinajstić information content (AvgIpc) is 2.49. The number of carbonyl (C=O) groups excluding carboxylic acids is 1. The molecule has 0 saturated carbocycles. The minimum absolute atomic E-state index is 0.154. The van der Waals surface area contributed by atoms with Crippen LogP contribution in [0.1, 0.15) is 5.56 Å². The molecule has 0 unspecified atom stereocenters. The molecule has 1 heterocycles. The average molecular weight is 286 g/mol. The zero-order valence-electron chi connectivity index (χ0n) is 11.2. The van der Waals surface area contributed by atoms with Crippen LogP contribution in [0.15, 0.2) is 64.9 Å². The molecule has 2 rings (SSSR count). The molecule has 0 saturated heterocycles. The molecule has 0 aliphatic heterocycles. The highest BCUT2D eigenvalue weighted by atomic mass is 32.2. The van der Waals surface area contributed by atoms with Crippen LogP contribution in [0.4, 0.5) is 0 Å². The Morgan fingerprint density at radius 1 is 1.25 bits per heavy atom. The van der Waals surface area contributed by atoms with Crippen molar-refractivity contribution in [3.05, 3.63) is 60.4 Å². The zero-order valence-corrected chi connectivity index (χ0v) is 12.0. The van der Waals surface area contributed by atoms with Crippen molar-refractivity contribution >= 4 is 23.9 Å². The molecule has 0 aliphatic rings. The number of thioether (sulfide) groups is 1. The minimum Gasteiger partial charge on any atom is -0.266 e. The lowest BCUT2D eigenvalue weighted by Gasteiger charge is -1.98. The van der Waals surface area contributed by atoms with Gasteiger partial charge in [0.05, 0.1) is 6.21 Å². The highest BCUT2D eigenvalue weighted by Gasteiger charge is 2.06. The lowest BCUT2D eigenvalue weighted by molar-refractivity contribution is -0.684. The Morgan fingerprint density at radius 3 is 2.60 bits per heavy atom. The molecule has 0 aliphatic carbocycles. The third-order valence-corrected chi connectivity index (χ3v) is 3.37. The van der Waals surface area contributed by atoms with Gasteiger partial charge in [0, 0.05) is 17.0 Å². The Labute approximate surface area is 122 Å². The van der Waals surface area contributed by atoms with Gasteiger partial charge in [0.1, 0.15) is 0 Å². The fraction of sp³-hybridized carbons (Fsp3) is 0.133.